The average molecular weight is 441 g/mol. The smallest absolute Gasteiger partial charge is 0.416 e. The number of rotatable bonds is 5. The second-order valence-corrected chi connectivity index (χ2v) is 7.36. The van der Waals surface area contributed by atoms with E-state index in [1.165, 1.54) is 6.07 Å². The number of nitrogens with one attached hydrogen (secondary N) is 1. The standard InChI is InChI=1S/C24H18F3NO4/c25-24(26,27)15-7-5-6-14(12-15)21(22(29)30)28-23(31)32-13-20-18-10-3-1-8-16(18)17-9-2-4-11-19(17)20/h1-12,20-21H,13H2,(H,28,31)(H,29,30). The first kappa shape index (κ1) is 21.4. The molecule has 1 aliphatic carbocycles. The molecular weight excluding hydrogens is 423 g/mol. The topological polar surface area (TPSA) is 75.6 Å². The molecule has 0 aliphatic heterocycles. The first-order chi connectivity index (χ1) is 15.3. The fourth-order valence-corrected chi connectivity index (χ4v) is 3.94. The van der Waals surface area contributed by atoms with E-state index in [0.29, 0.717) is 6.07 Å². The maximum Gasteiger partial charge on any atom is 0.416 e. The van der Waals surface area contributed by atoms with E-state index >= 15 is 0 Å². The van der Waals surface area contributed by atoms with Crippen LogP contribution < -0.4 is 5.32 Å². The molecule has 3 aromatic carbocycles. The van der Waals surface area contributed by atoms with Gasteiger partial charge in [-0.25, -0.2) is 9.59 Å². The van der Waals surface area contributed by atoms with Gasteiger partial charge in [0.2, 0.25) is 0 Å². The van der Waals surface area contributed by atoms with E-state index in [1.54, 1.807) is 0 Å². The predicted octanol–water partition coefficient (Wildman–Crippen LogP) is 5.37. The van der Waals surface area contributed by atoms with Crippen molar-refractivity contribution < 1.29 is 32.6 Å². The van der Waals surface area contributed by atoms with Gasteiger partial charge in [-0.2, -0.15) is 13.2 Å². The van der Waals surface area contributed by atoms with Crippen LogP contribution >= 0.6 is 0 Å². The molecule has 4 rings (SSSR count). The van der Waals surface area contributed by atoms with Crippen molar-refractivity contribution in [2.45, 2.75) is 18.1 Å². The van der Waals surface area contributed by atoms with Gasteiger partial charge < -0.3 is 15.2 Å². The number of alkyl halides is 3. The SMILES string of the molecule is O=C(NC(C(=O)O)c1cccc(C(F)(F)F)c1)OCC1c2ccccc2-c2ccccc21. The zero-order chi connectivity index (χ0) is 22.9. The molecule has 5 nitrogen and oxygen atoms in total. The van der Waals surface area contributed by atoms with Crippen LogP contribution in [0.25, 0.3) is 11.1 Å². The van der Waals surface area contributed by atoms with Gasteiger partial charge in [0.25, 0.3) is 0 Å². The molecule has 0 bridgehead atoms. The lowest BCUT2D eigenvalue weighted by atomic mass is 9.98. The second-order valence-electron chi connectivity index (χ2n) is 7.36. The molecule has 1 amide bonds. The van der Waals surface area contributed by atoms with E-state index in [0.717, 1.165) is 34.4 Å². The minimum absolute atomic E-state index is 0.0468. The largest absolute Gasteiger partial charge is 0.479 e. The summed E-state index contributed by atoms with van der Waals surface area (Å²) >= 11 is 0. The van der Waals surface area contributed by atoms with Crippen molar-refractivity contribution in [3.63, 3.8) is 0 Å². The van der Waals surface area contributed by atoms with Gasteiger partial charge in [-0.05, 0) is 39.9 Å². The lowest BCUT2D eigenvalue weighted by molar-refractivity contribution is -0.140. The molecule has 0 fully saturated rings. The van der Waals surface area contributed by atoms with E-state index < -0.39 is 29.8 Å². The van der Waals surface area contributed by atoms with Gasteiger partial charge in [-0.3, -0.25) is 0 Å². The molecule has 32 heavy (non-hydrogen) atoms. The van der Waals surface area contributed by atoms with Crippen LogP contribution in [0.3, 0.4) is 0 Å². The first-order valence-electron chi connectivity index (χ1n) is 9.77. The van der Waals surface area contributed by atoms with Crippen molar-refractivity contribution in [3.05, 3.63) is 95.1 Å². The summed E-state index contributed by atoms with van der Waals surface area (Å²) in [5.74, 6) is -1.73. The molecule has 1 atom stereocenters. The Balaban J connectivity index is 1.49. The summed E-state index contributed by atoms with van der Waals surface area (Å²) < 4.78 is 44.2. The highest BCUT2D eigenvalue weighted by Gasteiger charge is 2.33. The number of carbonyl (C=O) groups excluding carboxylic acids is 1. The van der Waals surface area contributed by atoms with Gasteiger partial charge in [-0.15, -0.1) is 0 Å². The Morgan fingerprint density at radius 1 is 0.938 bits per heavy atom. The third-order valence-corrected chi connectivity index (χ3v) is 5.40. The summed E-state index contributed by atoms with van der Waals surface area (Å²) in [7, 11) is 0. The van der Waals surface area contributed by atoms with E-state index in [2.05, 4.69) is 5.32 Å². The van der Waals surface area contributed by atoms with Crippen LogP contribution in [0, 0.1) is 0 Å². The van der Waals surface area contributed by atoms with Crippen molar-refractivity contribution >= 4 is 12.1 Å². The number of halogens is 3. The quantitative estimate of drug-likeness (QED) is 0.558. The number of amides is 1. The normalized spacial score (nSPS) is 13.7. The number of carbonyl (C=O) groups is 2. The molecule has 2 N–H and O–H groups in total. The van der Waals surface area contributed by atoms with Crippen LogP contribution in [0.15, 0.2) is 72.8 Å². The molecule has 0 spiro atoms. The summed E-state index contributed by atoms with van der Waals surface area (Å²) in [6.45, 7) is -0.0468. The third-order valence-electron chi connectivity index (χ3n) is 5.40. The van der Waals surface area contributed by atoms with E-state index in [4.69, 9.17) is 4.74 Å². The fraction of sp³-hybridized carbons (Fsp3) is 0.167. The van der Waals surface area contributed by atoms with Gasteiger partial charge in [0.1, 0.15) is 6.61 Å². The number of alkyl carbamates (subject to hydrolysis) is 1. The lowest BCUT2D eigenvalue weighted by Gasteiger charge is -2.18. The molecule has 164 valence electrons. The molecule has 1 aliphatic rings. The molecule has 0 saturated heterocycles. The van der Waals surface area contributed by atoms with Gasteiger partial charge in [0.05, 0.1) is 5.56 Å². The summed E-state index contributed by atoms with van der Waals surface area (Å²) in [6, 6.07) is 17.5. The Hall–Kier alpha value is -3.81. The molecule has 8 heteroatoms. The van der Waals surface area contributed by atoms with E-state index in [-0.39, 0.29) is 18.1 Å². The first-order valence-corrected chi connectivity index (χ1v) is 9.77. The van der Waals surface area contributed by atoms with Crippen molar-refractivity contribution in [1.82, 2.24) is 5.32 Å². The van der Waals surface area contributed by atoms with Gasteiger partial charge in [-0.1, -0.05) is 60.7 Å². The molecular formula is C24H18F3NO4. The second kappa shape index (κ2) is 8.37. The Kier molecular flexibility index (Phi) is 5.61. The molecule has 0 radical (unpaired) electrons. The predicted molar refractivity (Wildman–Crippen MR) is 110 cm³/mol. The number of benzene rings is 3. The summed E-state index contributed by atoms with van der Waals surface area (Å²) in [6.07, 6.45) is -5.67. The van der Waals surface area contributed by atoms with Crippen LogP contribution in [0.2, 0.25) is 0 Å². The number of carboxylic acids is 1. The van der Waals surface area contributed by atoms with Crippen molar-refractivity contribution in [2.75, 3.05) is 6.61 Å². The highest BCUT2D eigenvalue weighted by atomic mass is 19.4. The van der Waals surface area contributed by atoms with Gasteiger partial charge in [0.15, 0.2) is 6.04 Å². The maximum atomic E-state index is 13.0. The molecule has 0 heterocycles. The highest BCUT2D eigenvalue weighted by Crippen LogP contribution is 2.44. The van der Waals surface area contributed by atoms with Gasteiger partial charge in [0, 0.05) is 5.92 Å². The van der Waals surface area contributed by atoms with Crippen molar-refractivity contribution in [3.8, 4) is 11.1 Å². The summed E-state index contributed by atoms with van der Waals surface area (Å²) in [5, 5.41) is 11.6. The van der Waals surface area contributed by atoms with Crippen LogP contribution in [-0.4, -0.2) is 23.8 Å². The lowest BCUT2D eigenvalue weighted by Crippen LogP contribution is -2.35. The van der Waals surface area contributed by atoms with Crippen LogP contribution in [-0.2, 0) is 15.7 Å². The number of hydrogen-bond acceptors (Lipinski definition) is 3. The third kappa shape index (κ3) is 4.16. The Bertz CT molecular complexity index is 1130. The number of hydrogen-bond donors (Lipinski definition) is 2. The molecule has 1 unspecified atom stereocenters. The number of ether oxygens (including phenoxy) is 1. The van der Waals surface area contributed by atoms with Gasteiger partial charge >= 0.3 is 18.2 Å². The zero-order valence-electron chi connectivity index (χ0n) is 16.6. The Morgan fingerprint density at radius 3 is 2.09 bits per heavy atom. The minimum atomic E-state index is -4.64. The minimum Gasteiger partial charge on any atom is -0.479 e. The average Bonchev–Trinajstić information content (AvgIpc) is 3.09. The molecule has 3 aromatic rings. The van der Waals surface area contributed by atoms with Crippen LogP contribution in [0.4, 0.5) is 18.0 Å². The van der Waals surface area contributed by atoms with Crippen LogP contribution in [0.1, 0.15) is 34.2 Å². The van der Waals surface area contributed by atoms with E-state index in [1.807, 2.05) is 48.5 Å². The van der Waals surface area contributed by atoms with Crippen LogP contribution in [0.5, 0.6) is 0 Å². The van der Waals surface area contributed by atoms with Crippen molar-refractivity contribution in [1.29, 1.82) is 0 Å². The monoisotopic (exact) mass is 441 g/mol. The van der Waals surface area contributed by atoms with Crippen molar-refractivity contribution in [2.24, 2.45) is 0 Å². The summed E-state index contributed by atoms with van der Waals surface area (Å²) in [4.78, 5) is 24.0. The fourth-order valence-electron chi connectivity index (χ4n) is 3.94. The highest BCUT2D eigenvalue weighted by molar-refractivity contribution is 5.82. The Labute approximate surface area is 181 Å². The molecule has 0 aromatic heterocycles. The maximum absolute atomic E-state index is 13.0. The number of aliphatic carboxylic acids is 1. The number of fused-ring (bicyclic) bond motifs is 3. The zero-order valence-corrected chi connectivity index (χ0v) is 16.6. The molecule has 0 saturated carbocycles. The Morgan fingerprint density at radius 2 is 1.53 bits per heavy atom. The number of carboxylic acid groups (broad SMARTS) is 1. The van der Waals surface area contributed by atoms with E-state index in [9.17, 15) is 27.9 Å². The summed E-state index contributed by atoms with van der Waals surface area (Å²) in [5.41, 5.74) is 2.81.